The lowest BCUT2D eigenvalue weighted by Gasteiger charge is -2.41. The van der Waals surface area contributed by atoms with Crippen LogP contribution in [0.1, 0.15) is 50.5 Å². The maximum Gasteiger partial charge on any atom is 0.416 e. The molecule has 2 saturated heterocycles. The van der Waals surface area contributed by atoms with Gasteiger partial charge in [-0.1, -0.05) is 6.07 Å². The van der Waals surface area contributed by atoms with Gasteiger partial charge in [0.05, 0.1) is 17.1 Å². The number of hydrogen-bond donors (Lipinski definition) is 1. The van der Waals surface area contributed by atoms with Crippen LogP contribution in [0.15, 0.2) is 24.3 Å². The number of amides is 1. The van der Waals surface area contributed by atoms with Gasteiger partial charge in [0.1, 0.15) is 0 Å². The standard InChI is InChI=1S/C21H27F3N2O2/c22-21(23,24)15-3-1-4-17(13-15)25-11-2-9-20(14-25)10-12-26(19(20)28)16-5-7-18(27)8-6-16/h1,3-4,13,16,18,27H,2,5-12,14H2/t16?,18?,20-/m0/s1. The van der Waals surface area contributed by atoms with Gasteiger partial charge in [-0.25, -0.2) is 0 Å². The van der Waals surface area contributed by atoms with E-state index in [2.05, 4.69) is 0 Å². The van der Waals surface area contributed by atoms with Crippen LogP contribution < -0.4 is 4.90 Å². The normalized spacial score (nSPS) is 31.6. The molecule has 1 atom stereocenters. The van der Waals surface area contributed by atoms with Gasteiger partial charge in [0, 0.05) is 31.4 Å². The number of hydrogen-bond acceptors (Lipinski definition) is 3. The first-order valence-corrected chi connectivity index (χ1v) is 10.2. The molecule has 4 nitrogen and oxygen atoms in total. The van der Waals surface area contributed by atoms with Crippen molar-refractivity contribution in [2.75, 3.05) is 24.5 Å². The summed E-state index contributed by atoms with van der Waals surface area (Å²) in [5.41, 5.74) is -0.589. The minimum absolute atomic E-state index is 0.158. The van der Waals surface area contributed by atoms with Crippen LogP contribution in [0.4, 0.5) is 18.9 Å². The van der Waals surface area contributed by atoms with Gasteiger partial charge in [0.15, 0.2) is 0 Å². The molecule has 28 heavy (non-hydrogen) atoms. The van der Waals surface area contributed by atoms with Crippen molar-refractivity contribution in [2.24, 2.45) is 5.41 Å². The largest absolute Gasteiger partial charge is 0.416 e. The third kappa shape index (κ3) is 3.61. The van der Waals surface area contributed by atoms with Crippen LogP contribution in [0.3, 0.4) is 0 Å². The number of benzene rings is 1. The number of piperidine rings is 1. The first-order valence-electron chi connectivity index (χ1n) is 10.2. The van der Waals surface area contributed by atoms with Crippen molar-refractivity contribution >= 4 is 11.6 Å². The maximum atomic E-state index is 13.3. The molecule has 3 fully saturated rings. The highest BCUT2D eigenvalue weighted by molar-refractivity contribution is 5.86. The molecule has 1 aliphatic carbocycles. The minimum atomic E-state index is -4.37. The zero-order valence-corrected chi connectivity index (χ0v) is 15.9. The number of aliphatic hydroxyl groups is 1. The molecule has 1 N–H and O–H groups in total. The summed E-state index contributed by atoms with van der Waals surface area (Å²) in [5.74, 6) is 0.158. The van der Waals surface area contributed by atoms with E-state index >= 15 is 0 Å². The van der Waals surface area contributed by atoms with Crippen LogP contribution in [0.25, 0.3) is 0 Å². The molecule has 4 rings (SSSR count). The summed E-state index contributed by atoms with van der Waals surface area (Å²) in [5, 5.41) is 9.73. The van der Waals surface area contributed by atoms with E-state index in [4.69, 9.17) is 0 Å². The number of halogens is 3. The highest BCUT2D eigenvalue weighted by Crippen LogP contribution is 2.44. The number of aliphatic hydroxyl groups excluding tert-OH is 1. The van der Waals surface area contributed by atoms with Crippen LogP contribution in [0.5, 0.6) is 0 Å². The highest BCUT2D eigenvalue weighted by Gasteiger charge is 2.50. The van der Waals surface area contributed by atoms with E-state index < -0.39 is 17.2 Å². The molecule has 154 valence electrons. The molecule has 1 aromatic rings. The van der Waals surface area contributed by atoms with Crippen molar-refractivity contribution in [3.05, 3.63) is 29.8 Å². The average molecular weight is 396 g/mol. The molecule has 0 bridgehead atoms. The van der Waals surface area contributed by atoms with Crippen LogP contribution >= 0.6 is 0 Å². The minimum Gasteiger partial charge on any atom is -0.393 e. The van der Waals surface area contributed by atoms with Crippen LogP contribution in [-0.2, 0) is 11.0 Å². The van der Waals surface area contributed by atoms with E-state index in [1.807, 2.05) is 9.80 Å². The predicted molar refractivity (Wildman–Crippen MR) is 99.9 cm³/mol. The Morgan fingerprint density at radius 1 is 1.07 bits per heavy atom. The van der Waals surface area contributed by atoms with Crippen molar-refractivity contribution in [3.8, 4) is 0 Å². The fourth-order valence-electron chi connectivity index (χ4n) is 5.18. The molecular formula is C21H27F3N2O2. The molecule has 2 aliphatic heterocycles. The highest BCUT2D eigenvalue weighted by atomic mass is 19.4. The summed E-state index contributed by atoms with van der Waals surface area (Å²) in [6, 6.07) is 5.62. The van der Waals surface area contributed by atoms with E-state index in [0.717, 1.165) is 57.6 Å². The SMILES string of the molecule is O=C1N(C2CCC(O)CC2)CC[C@]12CCCN(c1cccc(C(F)(F)F)c1)C2. The molecular weight excluding hydrogens is 369 g/mol. The number of rotatable bonds is 2. The third-order valence-electron chi connectivity index (χ3n) is 6.77. The monoisotopic (exact) mass is 396 g/mol. The van der Waals surface area contributed by atoms with Crippen molar-refractivity contribution in [3.63, 3.8) is 0 Å². The second kappa shape index (κ2) is 7.25. The summed E-state index contributed by atoms with van der Waals surface area (Å²) >= 11 is 0. The first kappa shape index (κ1) is 19.6. The Morgan fingerprint density at radius 2 is 1.82 bits per heavy atom. The number of nitrogens with zero attached hydrogens (tertiary/aromatic N) is 2. The van der Waals surface area contributed by atoms with Gasteiger partial charge < -0.3 is 14.9 Å². The molecule has 3 aliphatic rings. The molecule has 2 heterocycles. The van der Waals surface area contributed by atoms with Gasteiger partial charge in [-0.3, -0.25) is 4.79 Å². The number of carbonyl (C=O) groups excluding carboxylic acids is 1. The lowest BCUT2D eigenvalue weighted by Crippen LogP contribution is -2.50. The Kier molecular flexibility index (Phi) is 5.06. The quantitative estimate of drug-likeness (QED) is 0.826. The lowest BCUT2D eigenvalue weighted by molar-refractivity contribution is -0.139. The van der Waals surface area contributed by atoms with Crippen molar-refractivity contribution < 1.29 is 23.1 Å². The number of carbonyl (C=O) groups is 1. The second-order valence-corrected chi connectivity index (χ2v) is 8.56. The number of likely N-dealkylation sites (tertiary alicyclic amines) is 1. The molecule has 1 saturated carbocycles. The van der Waals surface area contributed by atoms with Crippen molar-refractivity contribution in [1.82, 2.24) is 4.90 Å². The smallest absolute Gasteiger partial charge is 0.393 e. The maximum absolute atomic E-state index is 13.3. The number of alkyl halides is 3. The van der Waals surface area contributed by atoms with E-state index in [9.17, 15) is 23.1 Å². The summed E-state index contributed by atoms with van der Waals surface area (Å²) in [4.78, 5) is 17.3. The van der Waals surface area contributed by atoms with Crippen LogP contribution in [-0.4, -0.2) is 47.7 Å². The van der Waals surface area contributed by atoms with Gasteiger partial charge in [-0.2, -0.15) is 13.2 Å². The third-order valence-corrected chi connectivity index (χ3v) is 6.77. The Morgan fingerprint density at radius 3 is 2.54 bits per heavy atom. The van der Waals surface area contributed by atoms with Gasteiger partial charge in [-0.15, -0.1) is 0 Å². The summed E-state index contributed by atoms with van der Waals surface area (Å²) < 4.78 is 39.2. The molecule has 0 radical (unpaired) electrons. The number of anilines is 1. The molecule has 1 aromatic carbocycles. The first-order chi connectivity index (χ1) is 13.3. The molecule has 0 aromatic heterocycles. The zero-order chi connectivity index (χ0) is 19.9. The van der Waals surface area contributed by atoms with Crippen LogP contribution in [0, 0.1) is 5.41 Å². The summed E-state index contributed by atoms with van der Waals surface area (Å²) in [7, 11) is 0. The fraction of sp³-hybridized carbons (Fsp3) is 0.667. The van der Waals surface area contributed by atoms with Crippen molar-refractivity contribution in [2.45, 2.75) is 63.3 Å². The zero-order valence-electron chi connectivity index (χ0n) is 15.9. The summed E-state index contributed by atoms with van der Waals surface area (Å²) in [6.07, 6.45) is 0.881. The van der Waals surface area contributed by atoms with E-state index in [1.165, 1.54) is 12.1 Å². The van der Waals surface area contributed by atoms with E-state index in [-0.39, 0.29) is 18.1 Å². The van der Waals surface area contributed by atoms with Crippen molar-refractivity contribution in [1.29, 1.82) is 0 Å². The summed E-state index contributed by atoms with van der Waals surface area (Å²) in [6.45, 7) is 1.88. The van der Waals surface area contributed by atoms with E-state index in [1.54, 1.807) is 6.07 Å². The van der Waals surface area contributed by atoms with Gasteiger partial charge in [-0.05, 0) is 63.1 Å². The predicted octanol–water partition coefficient (Wildman–Crippen LogP) is 3.83. The van der Waals surface area contributed by atoms with Gasteiger partial charge >= 0.3 is 6.18 Å². The van der Waals surface area contributed by atoms with Gasteiger partial charge in [0.2, 0.25) is 5.91 Å². The Labute approximate surface area is 163 Å². The molecule has 0 unspecified atom stereocenters. The Hall–Kier alpha value is -1.76. The topological polar surface area (TPSA) is 43.8 Å². The van der Waals surface area contributed by atoms with Crippen LogP contribution in [0.2, 0.25) is 0 Å². The molecule has 1 amide bonds. The molecule has 1 spiro atoms. The second-order valence-electron chi connectivity index (χ2n) is 8.56. The van der Waals surface area contributed by atoms with E-state index in [0.29, 0.717) is 18.8 Å². The van der Waals surface area contributed by atoms with Gasteiger partial charge in [0.25, 0.3) is 0 Å². The Bertz CT molecular complexity index is 731. The lowest BCUT2D eigenvalue weighted by atomic mass is 9.78. The molecule has 7 heteroatoms. The fourth-order valence-corrected chi connectivity index (χ4v) is 5.18. The Balaban J connectivity index is 1.50. The average Bonchev–Trinajstić information content (AvgIpc) is 2.98.